The minimum Gasteiger partial charge on any atom is -0.395 e. The number of nitrogens with one attached hydrogen (secondary N) is 1. The van der Waals surface area contributed by atoms with Gasteiger partial charge in [-0.2, -0.15) is 0 Å². The average molecular weight is 329 g/mol. The molecule has 0 aliphatic heterocycles. The van der Waals surface area contributed by atoms with E-state index in [1.807, 2.05) is 12.1 Å². The van der Waals surface area contributed by atoms with Crippen molar-refractivity contribution in [3.8, 4) is 11.3 Å². The zero-order chi connectivity index (χ0) is 16.3. The highest BCUT2D eigenvalue weighted by Crippen LogP contribution is 2.26. The van der Waals surface area contributed by atoms with Crippen LogP contribution < -0.4 is 4.72 Å². The maximum Gasteiger partial charge on any atom is 0.240 e. The van der Waals surface area contributed by atoms with Gasteiger partial charge in [0.15, 0.2) is 0 Å². The molecule has 2 aromatic heterocycles. The lowest BCUT2D eigenvalue weighted by Gasteiger charge is -2.08. The summed E-state index contributed by atoms with van der Waals surface area (Å²) in [6.45, 7) is -0.259. The Labute approximate surface area is 133 Å². The molecule has 0 radical (unpaired) electrons. The SMILES string of the molecule is O=S(=O)(NCCO)c1ccc(-c2nccc3ccncc23)cc1. The zero-order valence-electron chi connectivity index (χ0n) is 12.2. The number of pyridine rings is 2. The van der Waals surface area contributed by atoms with E-state index in [0.717, 1.165) is 22.0 Å². The third-order valence-electron chi connectivity index (χ3n) is 3.41. The molecule has 0 amide bonds. The lowest BCUT2D eigenvalue weighted by Crippen LogP contribution is -2.26. The summed E-state index contributed by atoms with van der Waals surface area (Å²) < 4.78 is 26.3. The van der Waals surface area contributed by atoms with Crippen LogP contribution in [0.3, 0.4) is 0 Å². The Balaban J connectivity index is 1.99. The second-order valence-corrected chi connectivity index (χ2v) is 6.67. The molecule has 0 spiro atoms. The standard InChI is InChI=1S/C16H15N3O3S/c20-10-9-19-23(21,22)14-3-1-13(2-4-14)16-15-11-17-7-5-12(15)6-8-18-16/h1-8,11,19-20H,9-10H2. The van der Waals surface area contributed by atoms with E-state index in [4.69, 9.17) is 5.11 Å². The van der Waals surface area contributed by atoms with Gasteiger partial charge >= 0.3 is 0 Å². The van der Waals surface area contributed by atoms with Gasteiger partial charge in [-0.15, -0.1) is 0 Å². The van der Waals surface area contributed by atoms with Crippen molar-refractivity contribution in [2.75, 3.05) is 13.2 Å². The Hall–Kier alpha value is -2.35. The van der Waals surface area contributed by atoms with E-state index >= 15 is 0 Å². The monoisotopic (exact) mass is 329 g/mol. The molecule has 0 aliphatic rings. The topological polar surface area (TPSA) is 92.2 Å². The number of fused-ring (bicyclic) bond motifs is 1. The highest BCUT2D eigenvalue weighted by atomic mass is 32.2. The number of sulfonamides is 1. The number of aromatic nitrogens is 2. The minimum atomic E-state index is -3.61. The molecule has 1 aromatic carbocycles. The van der Waals surface area contributed by atoms with Crippen LogP contribution >= 0.6 is 0 Å². The fourth-order valence-corrected chi connectivity index (χ4v) is 3.32. The van der Waals surface area contributed by atoms with Gasteiger partial charge in [0.25, 0.3) is 0 Å². The van der Waals surface area contributed by atoms with Crippen LogP contribution in [0.1, 0.15) is 0 Å². The lowest BCUT2D eigenvalue weighted by molar-refractivity contribution is 0.301. The summed E-state index contributed by atoms with van der Waals surface area (Å²) in [5.41, 5.74) is 1.56. The number of benzene rings is 1. The largest absolute Gasteiger partial charge is 0.395 e. The maximum absolute atomic E-state index is 12.0. The van der Waals surface area contributed by atoms with Gasteiger partial charge in [0, 0.05) is 36.1 Å². The Morgan fingerprint density at radius 2 is 1.78 bits per heavy atom. The van der Waals surface area contributed by atoms with Crippen LogP contribution in [0.4, 0.5) is 0 Å². The Kier molecular flexibility index (Phi) is 4.33. The molecule has 0 saturated heterocycles. The molecule has 6 nitrogen and oxygen atoms in total. The molecule has 0 atom stereocenters. The molecule has 3 aromatic rings. The van der Waals surface area contributed by atoms with Gasteiger partial charge in [-0.05, 0) is 29.7 Å². The van der Waals surface area contributed by atoms with Crippen molar-refractivity contribution in [1.82, 2.24) is 14.7 Å². The second kappa shape index (κ2) is 6.41. The molecule has 0 unspecified atom stereocenters. The predicted octanol–water partition coefficient (Wildman–Crippen LogP) is 1.57. The first-order chi connectivity index (χ1) is 11.1. The first-order valence-electron chi connectivity index (χ1n) is 7.01. The molecule has 7 heteroatoms. The summed E-state index contributed by atoms with van der Waals surface area (Å²) in [6, 6.07) is 10.3. The Bertz CT molecular complexity index is 919. The van der Waals surface area contributed by atoms with E-state index in [9.17, 15) is 8.42 Å². The van der Waals surface area contributed by atoms with Gasteiger partial charge in [-0.25, -0.2) is 13.1 Å². The second-order valence-electron chi connectivity index (χ2n) is 4.90. The van der Waals surface area contributed by atoms with E-state index in [0.29, 0.717) is 0 Å². The van der Waals surface area contributed by atoms with Crippen molar-refractivity contribution in [2.45, 2.75) is 4.90 Å². The highest BCUT2D eigenvalue weighted by Gasteiger charge is 2.13. The summed E-state index contributed by atoms with van der Waals surface area (Å²) in [6.07, 6.45) is 5.17. The van der Waals surface area contributed by atoms with Gasteiger partial charge in [0.1, 0.15) is 0 Å². The number of hydrogen-bond acceptors (Lipinski definition) is 5. The van der Waals surface area contributed by atoms with Crippen molar-refractivity contribution in [1.29, 1.82) is 0 Å². The third-order valence-corrected chi connectivity index (χ3v) is 4.89. The van der Waals surface area contributed by atoms with Crippen molar-refractivity contribution in [2.24, 2.45) is 0 Å². The Morgan fingerprint density at radius 3 is 2.52 bits per heavy atom. The molecule has 2 N–H and O–H groups in total. The normalized spacial score (nSPS) is 11.7. The van der Waals surface area contributed by atoms with Crippen LogP contribution in [0.25, 0.3) is 22.0 Å². The van der Waals surface area contributed by atoms with Gasteiger partial charge in [0.05, 0.1) is 17.2 Å². The fraction of sp³-hybridized carbons (Fsp3) is 0.125. The molecule has 0 bridgehead atoms. The fourth-order valence-electron chi connectivity index (χ4n) is 2.30. The molecule has 0 fully saturated rings. The molecular formula is C16H15N3O3S. The summed E-state index contributed by atoms with van der Waals surface area (Å²) >= 11 is 0. The number of rotatable bonds is 5. The summed E-state index contributed by atoms with van der Waals surface area (Å²) in [5, 5.41) is 10.7. The number of aliphatic hydroxyl groups excluding tert-OH is 1. The van der Waals surface area contributed by atoms with Crippen LogP contribution in [0.2, 0.25) is 0 Å². The van der Waals surface area contributed by atoms with Crippen molar-refractivity contribution in [3.05, 3.63) is 55.0 Å². The van der Waals surface area contributed by atoms with E-state index in [-0.39, 0.29) is 18.0 Å². The van der Waals surface area contributed by atoms with Crippen LogP contribution in [0.5, 0.6) is 0 Å². The van der Waals surface area contributed by atoms with E-state index in [1.165, 1.54) is 12.1 Å². The highest BCUT2D eigenvalue weighted by molar-refractivity contribution is 7.89. The molecule has 2 heterocycles. The summed E-state index contributed by atoms with van der Waals surface area (Å²) in [7, 11) is -3.61. The smallest absolute Gasteiger partial charge is 0.240 e. The van der Waals surface area contributed by atoms with E-state index < -0.39 is 10.0 Å². The molecule has 23 heavy (non-hydrogen) atoms. The number of nitrogens with zero attached hydrogens (tertiary/aromatic N) is 2. The average Bonchev–Trinajstić information content (AvgIpc) is 2.60. The van der Waals surface area contributed by atoms with Gasteiger partial charge in [-0.1, -0.05) is 12.1 Å². The van der Waals surface area contributed by atoms with E-state index in [2.05, 4.69) is 14.7 Å². The van der Waals surface area contributed by atoms with Crippen molar-refractivity contribution in [3.63, 3.8) is 0 Å². The van der Waals surface area contributed by atoms with Gasteiger partial charge in [0.2, 0.25) is 10.0 Å². The van der Waals surface area contributed by atoms with Crippen LogP contribution in [-0.4, -0.2) is 36.6 Å². The molecular weight excluding hydrogens is 314 g/mol. The molecule has 3 rings (SSSR count). The predicted molar refractivity (Wildman–Crippen MR) is 87.2 cm³/mol. The summed E-state index contributed by atoms with van der Waals surface area (Å²) in [5.74, 6) is 0. The zero-order valence-corrected chi connectivity index (χ0v) is 13.0. The van der Waals surface area contributed by atoms with E-state index in [1.54, 1.807) is 30.7 Å². The van der Waals surface area contributed by atoms with Crippen molar-refractivity contribution >= 4 is 20.8 Å². The first-order valence-corrected chi connectivity index (χ1v) is 8.50. The molecule has 118 valence electrons. The first kappa shape index (κ1) is 15.5. The number of aliphatic hydroxyl groups is 1. The van der Waals surface area contributed by atoms with Gasteiger partial charge < -0.3 is 5.11 Å². The third kappa shape index (κ3) is 3.21. The lowest BCUT2D eigenvalue weighted by atomic mass is 10.1. The quantitative estimate of drug-likeness (QED) is 0.741. The van der Waals surface area contributed by atoms with Crippen LogP contribution in [0.15, 0.2) is 59.9 Å². The molecule has 0 aliphatic carbocycles. The van der Waals surface area contributed by atoms with Crippen molar-refractivity contribution < 1.29 is 13.5 Å². The maximum atomic E-state index is 12.0. The Morgan fingerprint density at radius 1 is 1.04 bits per heavy atom. The van der Waals surface area contributed by atoms with Crippen LogP contribution in [0, 0.1) is 0 Å². The van der Waals surface area contributed by atoms with Gasteiger partial charge in [-0.3, -0.25) is 9.97 Å². The molecule has 0 saturated carbocycles. The minimum absolute atomic E-state index is 0.0133. The van der Waals surface area contributed by atoms with Crippen LogP contribution in [-0.2, 0) is 10.0 Å². The number of hydrogen-bond donors (Lipinski definition) is 2. The summed E-state index contributed by atoms with van der Waals surface area (Å²) in [4.78, 5) is 8.65.